The fourth-order valence-electron chi connectivity index (χ4n) is 2.46. The smallest absolute Gasteiger partial charge is 0.275 e. The summed E-state index contributed by atoms with van der Waals surface area (Å²) in [6.07, 6.45) is 3.94. The second-order valence-electron chi connectivity index (χ2n) is 5.17. The highest BCUT2D eigenvalue weighted by atomic mass is 16.6. The largest absolute Gasteiger partial charge is 0.493 e. The first-order chi connectivity index (χ1) is 9.60. The van der Waals surface area contributed by atoms with Gasteiger partial charge in [-0.25, -0.2) is 0 Å². The molecule has 0 amide bonds. The van der Waals surface area contributed by atoms with Crippen LogP contribution < -0.4 is 15.8 Å². The quantitative estimate of drug-likeness (QED) is 0.617. The van der Waals surface area contributed by atoms with Gasteiger partial charge in [0.15, 0.2) is 0 Å². The molecule has 1 fully saturated rings. The summed E-state index contributed by atoms with van der Waals surface area (Å²) < 4.78 is 5.50. The van der Waals surface area contributed by atoms with Crippen LogP contribution in [0.25, 0.3) is 0 Å². The molecule has 6 nitrogen and oxygen atoms in total. The summed E-state index contributed by atoms with van der Waals surface area (Å²) in [7, 11) is 0. The van der Waals surface area contributed by atoms with Crippen LogP contribution in [0.2, 0.25) is 0 Å². The summed E-state index contributed by atoms with van der Waals surface area (Å²) in [6, 6.07) is 5.07. The molecule has 2 rings (SSSR count). The maximum Gasteiger partial charge on any atom is 0.275 e. The average Bonchev–Trinajstić information content (AvgIpc) is 2.81. The van der Waals surface area contributed by atoms with Crippen LogP contribution in [0.1, 0.15) is 32.6 Å². The molecule has 1 aliphatic carbocycles. The van der Waals surface area contributed by atoms with E-state index in [1.54, 1.807) is 6.07 Å². The van der Waals surface area contributed by atoms with Gasteiger partial charge in [-0.15, -0.1) is 0 Å². The van der Waals surface area contributed by atoms with E-state index in [1.165, 1.54) is 12.1 Å². The third-order valence-corrected chi connectivity index (χ3v) is 3.50. The van der Waals surface area contributed by atoms with Gasteiger partial charge in [-0.05, 0) is 25.7 Å². The molecule has 1 aromatic carbocycles. The number of hydrogen-bond donors (Lipinski definition) is 2. The molecule has 0 aromatic heterocycles. The lowest BCUT2D eigenvalue weighted by molar-refractivity contribution is -0.384. The normalized spacial score (nSPS) is 21.7. The highest BCUT2D eigenvalue weighted by molar-refractivity contribution is 5.57. The van der Waals surface area contributed by atoms with E-state index in [4.69, 9.17) is 10.5 Å². The highest BCUT2D eigenvalue weighted by Gasteiger charge is 2.24. The summed E-state index contributed by atoms with van der Waals surface area (Å²) >= 11 is 0. The van der Waals surface area contributed by atoms with Crippen LogP contribution in [0.4, 0.5) is 11.4 Å². The summed E-state index contributed by atoms with van der Waals surface area (Å²) in [6.45, 7) is 2.54. The number of ether oxygens (including phenoxy) is 1. The Kier molecular flexibility index (Phi) is 4.79. The minimum atomic E-state index is -0.404. The molecule has 0 saturated heterocycles. The summed E-state index contributed by atoms with van der Waals surface area (Å²) in [5.74, 6) is 0.523. The molecule has 0 radical (unpaired) electrons. The summed E-state index contributed by atoms with van der Waals surface area (Å²) in [5, 5.41) is 14.3. The Bertz CT molecular complexity index is 479. The van der Waals surface area contributed by atoms with Crippen molar-refractivity contribution >= 4 is 11.4 Å². The molecule has 1 saturated carbocycles. The predicted molar refractivity (Wildman–Crippen MR) is 78.1 cm³/mol. The van der Waals surface area contributed by atoms with Gasteiger partial charge in [-0.3, -0.25) is 10.1 Å². The van der Waals surface area contributed by atoms with E-state index in [2.05, 4.69) is 5.32 Å². The van der Waals surface area contributed by atoms with Gasteiger partial charge < -0.3 is 15.8 Å². The topological polar surface area (TPSA) is 90.4 Å². The monoisotopic (exact) mass is 279 g/mol. The van der Waals surface area contributed by atoms with Gasteiger partial charge in [-0.2, -0.15) is 0 Å². The Morgan fingerprint density at radius 1 is 1.45 bits per heavy atom. The zero-order valence-electron chi connectivity index (χ0n) is 11.7. The van der Waals surface area contributed by atoms with Gasteiger partial charge in [0, 0.05) is 29.9 Å². The number of nitrogens with two attached hydrogens (primary N) is 1. The third-order valence-electron chi connectivity index (χ3n) is 3.50. The number of rotatable bonds is 6. The minimum Gasteiger partial charge on any atom is -0.493 e. The molecule has 0 spiro atoms. The van der Waals surface area contributed by atoms with Crippen LogP contribution >= 0.6 is 0 Å². The molecule has 0 bridgehead atoms. The fourth-order valence-corrected chi connectivity index (χ4v) is 2.46. The number of nitrogens with zero attached hydrogens (tertiary/aromatic N) is 1. The van der Waals surface area contributed by atoms with Gasteiger partial charge in [0.05, 0.1) is 17.6 Å². The van der Waals surface area contributed by atoms with Crippen LogP contribution in [0, 0.1) is 10.1 Å². The molecule has 20 heavy (non-hydrogen) atoms. The Morgan fingerprint density at radius 2 is 2.25 bits per heavy atom. The average molecular weight is 279 g/mol. The van der Waals surface area contributed by atoms with Crippen molar-refractivity contribution in [3.8, 4) is 5.75 Å². The molecule has 0 heterocycles. The van der Waals surface area contributed by atoms with Crippen molar-refractivity contribution in [2.75, 3.05) is 11.9 Å². The van der Waals surface area contributed by atoms with E-state index in [1.807, 2.05) is 6.92 Å². The molecule has 2 atom stereocenters. The molecule has 110 valence electrons. The SMILES string of the molecule is CCCOc1cc(NC2CCCC2N)cc([N+](=O)[O-])c1. The number of benzene rings is 1. The van der Waals surface area contributed by atoms with Crippen LogP contribution in [0.3, 0.4) is 0 Å². The van der Waals surface area contributed by atoms with Gasteiger partial charge in [0.1, 0.15) is 5.75 Å². The van der Waals surface area contributed by atoms with E-state index in [0.717, 1.165) is 25.7 Å². The zero-order chi connectivity index (χ0) is 14.5. The molecular weight excluding hydrogens is 258 g/mol. The number of nitro groups is 1. The minimum absolute atomic E-state index is 0.0349. The second kappa shape index (κ2) is 6.56. The Balaban J connectivity index is 2.17. The molecule has 0 aliphatic heterocycles. The van der Waals surface area contributed by atoms with Gasteiger partial charge in [0.25, 0.3) is 5.69 Å². The fraction of sp³-hybridized carbons (Fsp3) is 0.571. The predicted octanol–water partition coefficient (Wildman–Crippen LogP) is 2.68. The molecule has 1 aliphatic rings. The maximum atomic E-state index is 11.0. The van der Waals surface area contributed by atoms with Gasteiger partial charge in [-0.1, -0.05) is 6.92 Å². The first-order valence-electron chi connectivity index (χ1n) is 7.04. The van der Waals surface area contributed by atoms with Crippen molar-refractivity contribution < 1.29 is 9.66 Å². The van der Waals surface area contributed by atoms with E-state index < -0.39 is 4.92 Å². The van der Waals surface area contributed by atoms with E-state index >= 15 is 0 Å². The number of non-ortho nitro benzene ring substituents is 1. The molecule has 1 aromatic rings. The van der Waals surface area contributed by atoms with Crippen LogP contribution in [-0.4, -0.2) is 23.6 Å². The van der Waals surface area contributed by atoms with Crippen molar-refractivity contribution in [3.05, 3.63) is 28.3 Å². The van der Waals surface area contributed by atoms with Crippen molar-refractivity contribution in [3.63, 3.8) is 0 Å². The highest BCUT2D eigenvalue weighted by Crippen LogP contribution is 2.29. The second-order valence-corrected chi connectivity index (χ2v) is 5.17. The molecule has 6 heteroatoms. The van der Waals surface area contributed by atoms with Crippen LogP contribution in [0.15, 0.2) is 18.2 Å². The first kappa shape index (κ1) is 14.6. The number of nitrogens with one attached hydrogen (secondary N) is 1. The maximum absolute atomic E-state index is 11.0. The number of hydrogen-bond acceptors (Lipinski definition) is 5. The number of anilines is 1. The number of nitro benzene ring substituents is 1. The summed E-state index contributed by atoms with van der Waals surface area (Å²) in [4.78, 5) is 10.6. The molecule has 3 N–H and O–H groups in total. The third kappa shape index (κ3) is 3.60. The first-order valence-corrected chi connectivity index (χ1v) is 7.04. The van der Waals surface area contributed by atoms with Crippen LogP contribution in [0.5, 0.6) is 5.75 Å². The molecule has 2 unspecified atom stereocenters. The standard InChI is InChI=1S/C14H21N3O3/c1-2-6-20-12-8-10(7-11(9-12)17(18)19)16-14-5-3-4-13(14)15/h7-9,13-14,16H,2-6,15H2,1H3. The van der Waals surface area contributed by atoms with Crippen molar-refractivity contribution in [1.82, 2.24) is 0 Å². The Hall–Kier alpha value is -1.82. The van der Waals surface area contributed by atoms with E-state index in [0.29, 0.717) is 18.0 Å². The molecular formula is C14H21N3O3. The van der Waals surface area contributed by atoms with Crippen molar-refractivity contribution in [2.45, 2.75) is 44.7 Å². The lowest BCUT2D eigenvalue weighted by Gasteiger charge is -2.19. The van der Waals surface area contributed by atoms with Crippen LogP contribution in [-0.2, 0) is 0 Å². The van der Waals surface area contributed by atoms with E-state index in [9.17, 15) is 10.1 Å². The zero-order valence-corrected chi connectivity index (χ0v) is 11.7. The Morgan fingerprint density at radius 3 is 2.85 bits per heavy atom. The lowest BCUT2D eigenvalue weighted by atomic mass is 10.1. The summed E-state index contributed by atoms with van der Waals surface area (Å²) in [5.41, 5.74) is 6.75. The Labute approximate surface area is 118 Å². The lowest BCUT2D eigenvalue weighted by Crippen LogP contribution is -2.35. The van der Waals surface area contributed by atoms with E-state index in [-0.39, 0.29) is 17.8 Å². The van der Waals surface area contributed by atoms with Crippen molar-refractivity contribution in [1.29, 1.82) is 0 Å². The van der Waals surface area contributed by atoms with Gasteiger partial charge in [0.2, 0.25) is 0 Å². The van der Waals surface area contributed by atoms with Crippen molar-refractivity contribution in [2.24, 2.45) is 5.73 Å². The van der Waals surface area contributed by atoms with Gasteiger partial charge >= 0.3 is 0 Å².